The lowest BCUT2D eigenvalue weighted by Crippen LogP contribution is -2.27. The average Bonchev–Trinajstić information content (AvgIpc) is 3.17. The van der Waals surface area contributed by atoms with Gasteiger partial charge in [-0.15, -0.1) is 0 Å². The van der Waals surface area contributed by atoms with Crippen LogP contribution in [0.3, 0.4) is 0 Å². The van der Waals surface area contributed by atoms with Crippen molar-refractivity contribution in [2.24, 2.45) is 0 Å². The first-order chi connectivity index (χ1) is 12.9. The standard InChI is InChI=1S/C18H25N2O6P/c1-3-25-27(24,26-4-2)17(14-18(21)19-11-5-6-12-19)13-15-7-9-16(10-8-15)20(22)23/h7-10,13H,3-6,11-12,14H2,1-2H3/b17-13+. The van der Waals surface area contributed by atoms with E-state index in [0.29, 0.717) is 18.7 Å². The van der Waals surface area contributed by atoms with Gasteiger partial charge in [-0.25, -0.2) is 0 Å². The number of benzene rings is 1. The summed E-state index contributed by atoms with van der Waals surface area (Å²) in [7, 11) is -3.64. The molecule has 0 unspecified atom stereocenters. The van der Waals surface area contributed by atoms with Crippen molar-refractivity contribution in [3.63, 3.8) is 0 Å². The molecule has 1 saturated heterocycles. The molecule has 0 saturated carbocycles. The van der Waals surface area contributed by atoms with Crippen LogP contribution in [0.15, 0.2) is 29.6 Å². The fraction of sp³-hybridized carbons (Fsp3) is 0.500. The first-order valence-electron chi connectivity index (χ1n) is 9.02. The number of nitrogens with zero attached hydrogens (tertiary/aromatic N) is 2. The van der Waals surface area contributed by atoms with Gasteiger partial charge >= 0.3 is 7.60 Å². The minimum atomic E-state index is -3.64. The Bertz CT molecular complexity index is 731. The van der Waals surface area contributed by atoms with E-state index >= 15 is 0 Å². The molecule has 1 aliphatic rings. The summed E-state index contributed by atoms with van der Waals surface area (Å²) in [6.07, 6.45) is 3.42. The maximum absolute atomic E-state index is 13.3. The van der Waals surface area contributed by atoms with Crippen molar-refractivity contribution in [3.05, 3.63) is 45.3 Å². The van der Waals surface area contributed by atoms with Crippen LogP contribution in [0.1, 0.15) is 38.7 Å². The minimum absolute atomic E-state index is 0.0420. The Morgan fingerprint density at radius 2 is 1.74 bits per heavy atom. The summed E-state index contributed by atoms with van der Waals surface area (Å²) in [5, 5.41) is 11.1. The predicted octanol–water partition coefficient (Wildman–Crippen LogP) is 4.21. The van der Waals surface area contributed by atoms with E-state index < -0.39 is 12.5 Å². The first kappa shape index (κ1) is 21.3. The van der Waals surface area contributed by atoms with Crippen molar-refractivity contribution in [2.75, 3.05) is 26.3 Å². The molecule has 8 nitrogen and oxygen atoms in total. The third-order valence-electron chi connectivity index (χ3n) is 4.18. The average molecular weight is 396 g/mol. The highest BCUT2D eigenvalue weighted by Gasteiger charge is 2.32. The fourth-order valence-corrected chi connectivity index (χ4v) is 4.61. The molecule has 1 aliphatic heterocycles. The Kier molecular flexibility index (Phi) is 7.71. The largest absolute Gasteiger partial charge is 0.357 e. The lowest BCUT2D eigenvalue weighted by molar-refractivity contribution is -0.384. The fourth-order valence-electron chi connectivity index (χ4n) is 2.89. The van der Waals surface area contributed by atoms with E-state index in [1.54, 1.807) is 37.0 Å². The van der Waals surface area contributed by atoms with E-state index in [0.717, 1.165) is 12.8 Å². The second-order valence-electron chi connectivity index (χ2n) is 6.08. The molecule has 2 rings (SSSR count). The highest BCUT2D eigenvalue weighted by molar-refractivity contribution is 7.58. The summed E-state index contributed by atoms with van der Waals surface area (Å²) in [4.78, 5) is 24.7. The molecule has 148 valence electrons. The zero-order valence-corrected chi connectivity index (χ0v) is 16.5. The van der Waals surface area contributed by atoms with E-state index in [-0.39, 0.29) is 36.5 Å². The second kappa shape index (κ2) is 9.78. The maximum atomic E-state index is 13.3. The molecule has 1 aromatic carbocycles. The van der Waals surface area contributed by atoms with E-state index in [9.17, 15) is 19.5 Å². The molecule has 27 heavy (non-hydrogen) atoms. The number of hydrogen-bond acceptors (Lipinski definition) is 6. The van der Waals surface area contributed by atoms with Crippen molar-refractivity contribution in [2.45, 2.75) is 33.1 Å². The van der Waals surface area contributed by atoms with Gasteiger partial charge in [-0.2, -0.15) is 0 Å². The number of amides is 1. The molecular formula is C18H25N2O6P. The monoisotopic (exact) mass is 396 g/mol. The molecule has 0 aliphatic carbocycles. The van der Waals surface area contributed by atoms with Crippen LogP contribution in [0.4, 0.5) is 5.69 Å². The predicted molar refractivity (Wildman–Crippen MR) is 102 cm³/mol. The third-order valence-corrected chi connectivity index (χ3v) is 6.37. The molecule has 1 aromatic rings. The van der Waals surface area contributed by atoms with Crippen molar-refractivity contribution >= 4 is 25.3 Å². The Morgan fingerprint density at radius 3 is 2.22 bits per heavy atom. The van der Waals surface area contributed by atoms with Crippen LogP contribution in [0, 0.1) is 10.1 Å². The van der Waals surface area contributed by atoms with Gasteiger partial charge in [-0.3, -0.25) is 19.5 Å². The number of nitro benzene ring substituents is 1. The number of carbonyl (C=O) groups excluding carboxylic acids is 1. The summed E-state index contributed by atoms with van der Waals surface area (Å²) in [6.45, 7) is 5.14. The van der Waals surface area contributed by atoms with Crippen LogP contribution >= 0.6 is 7.60 Å². The Hall–Kier alpha value is -2.02. The third kappa shape index (κ3) is 5.73. The number of hydrogen-bond donors (Lipinski definition) is 0. The summed E-state index contributed by atoms with van der Waals surface area (Å²) in [5.41, 5.74) is 0.545. The summed E-state index contributed by atoms with van der Waals surface area (Å²) in [5.74, 6) is -0.125. The van der Waals surface area contributed by atoms with Crippen molar-refractivity contribution in [1.82, 2.24) is 4.90 Å². The zero-order valence-electron chi connectivity index (χ0n) is 15.6. The van der Waals surface area contributed by atoms with E-state index in [1.807, 2.05) is 0 Å². The van der Waals surface area contributed by atoms with Gasteiger partial charge in [-0.1, -0.05) is 0 Å². The second-order valence-corrected chi connectivity index (χ2v) is 8.17. The number of rotatable bonds is 9. The topological polar surface area (TPSA) is 99.0 Å². The molecule has 0 N–H and O–H groups in total. The minimum Gasteiger partial charge on any atom is -0.342 e. The molecule has 1 heterocycles. The van der Waals surface area contributed by atoms with Crippen LogP contribution < -0.4 is 0 Å². The zero-order chi connectivity index (χ0) is 19.9. The number of carbonyl (C=O) groups is 1. The van der Waals surface area contributed by atoms with Gasteiger partial charge in [0, 0.05) is 25.2 Å². The van der Waals surface area contributed by atoms with Gasteiger partial charge in [0.25, 0.3) is 5.69 Å². The van der Waals surface area contributed by atoms with Gasteiger partial charge in [0.2, 0.25) is 5.91 Å². The highest BCUT2D eigenvalue weighted by atomic mass is 31.2. The number of non-ortho nitro benzene ring substituents is 1. The van der Waals surface area contributed by atoms with Gasteiger partial charge in [0.1, 0.15) is 0 Å². The van der Waals surface area contributed by atoms with Crippen LogP contribution in [0.5, 0.6) is 0 Å². The molecule has 0 radical (unpaired) electrons. The van der Waals surface area contributed by atoms with Crippen LogP contribution in [0.2, 0.25) is 0 Å². The highest BCUT2D eigenvalue weighted by Crippen LogP contribution is 2.58. The molecular weight excluding hydrogens is 371 g/mol. The van der Waals surface area contributed by atoms with Crippen LogP contribution in [-0.4, -0.2) is 42.0 Å². The maximum Gasteiger partial charge on any atom is 0.357 e. The molecule has 0 aromatic heterocycles. The lowest BCUT2D eigenvalue weighted by atomic mass is 10.2. The normalized spacial score (nSPS) is 15.2. The Balaban J connectivity index is 2.35. The summed E-state index contributed by atoms with van der Waals surface area (Å²) < 4.78 is 24.1. The van der Waals surface area contributed by atoms with E-state index in [4.69, 9.17) is 9.05 Å². The lowest BCUT2D eigenvalue weighted by Gasteiger charge is -2.22. The Labute approximate surface area is 158 Å². The number of nitro groups is 1. The van der Waals surface area contributed by atoms with Gasteiger partial charge in [-0.05, 0) is 50.5 Å². The molecule has 0 atom stereocenters. The quantitative estimate of drug-likeness (QED) is 0.352. The van der Waals surface area contributed by atoms with Gasteiger partial charge in [0.05, 0.1) is 29.9 Å². The van der Waals surface area contributed by atoms with Gasteiger partial charge < -0.3 is 13.9 Å². The molecule has 1 amide bonds. The van der Waals surface area contributed by atoms with Gasteiger partial charge in [0.15, 0.2) is 0 Å². The summed E-state index contributed by atoms with van der Waals surface area (Å²) >= 11 is 0. The molecule has 0 spiro atoms. The molecule has 1 fully saturated rings. The van der Waals surface area contributed by atoms with Crippen molar-refractivity contribution < 1.29 is 23.3 Å². The van der Waals surface area contributed by atoms with Crippen molar-refractivity contribution in [1.29, 1.82) is 0 Å². The van der Waals surface area contributed by atoms with Crippen LogP contribution in [-0.2, 0) is 18.4 Å². The van der Waals surface area contributed by atoms with Crippen LogP contribution in [0.25, 0.3) is 6.08 Å². The summed E-state index contributed by atoms with van der Waals surface area (Å²) in [6, 6.07) is 5.80. The van der Waals surface area contributed by atoms with E-state index in [1.165, 1.54) is 12.1 Å². The molecule has 0 bridgehead atoms. The smallest absolute Gasteiger partial charge is 0.342 e. The first-order valence-corrected chi connectivity index (χ1v) is 10.6. The molecule has 9 heteroatoms. The Morgan fingerprint density at radius 1 is 1.19 bits per heavy atom. The van der Waals surface area contributed by atoms with E-state index in [2.05, 4.69) is 0 Å². The SMILES string of the molecule is CCOP(=O)(OCC)/C(=C/c1ccc([N+](=O)[O-])cc1)CC(=O)N1CCCC1. The van der Waals surface area contributed by atoms with Crippen molar-refractivity contribution in [3.8, 4) is 0 Å². The number of likely N-dealkylation sites (tertiary alicyclic amines) is 1.